The summed E-state index contributed by atoms with van der Waals surface area (Å²) in [6.07, 6.45) is 0. The summed E-state index contributed by atoms with van der Waals surface area (Å²) in [4.78, 5) is 23.2. The Labute approximate surface area is 143 Å². The van der Waals surface area contributed by atoms with E-state index < -0.39 is 11.6 Å². The number of rotatable bonds is 4. The van der Waals surface area contributed by atoms with Gasteiger partial charge in [0, 0.05) is 15.7 Å². The zero-order chi connectivity index (χ0) is 17.0. The number of primary amides is 1. The average Bonchev–Trinajstić information content (AvgIpc) is 2.47. The Hall–Kier alpha value is -2.34. The van der Waals surface area contributed by atoms with Gasteiger partial charge in [0.05, 0.1) is 5.54 Å². The molecule has 2 rings (SSSR count). The van der Waals surface area contributed by atoms with Crippen LogP contribution in [0.1, 0.15) is 29.8 Å². The number of carbonyl (C=O) groups excluding carboxylic acids is 2. The smallest absolute Gasteiger partial charge is 0.316 e. The zero-order valence-electron chi connectivity index (χ0n) is 12.9. The maximum atomic E-state index is 12.4. The number of nitrogens with two attached hydrogens (primary N) is 1. The van der Waals surface area contributed by atoms with Gasteiger partial charge in [0.1, 0.15) is 0 Å². The molecule has 0 aliphatic heterocycles. The Balaban J connectivity index is 2.11. The Morgan fingerprint density at radius 3 is 2.09 bits per heavy atom. The van der Waals surface area contributed by atoms with Crippen molar-refractivity contribution < 1.29 is 9.59 Å². The second kappa shape index (κ2) is 6.83. The summed E-state index contributed by atoms with van der Waals surface area (Å²) in [5, 5.41) is 5.46. The van der Waals surface area contributed by atoms with Crippen LogP contribution in [0.25, 0.3) is 0 Å². The standard InChI is InChI=1S/C17H18BrN3O2/c1-17(2,12-5-7-13(18)8-6-12)21-15(22)11-3-9-14(10-4-11)20-16(19)23/h3-10H,1-2H3,(H,21,22)(H3,19,20,23). The van der Waals surface area contributed by atoms with E-state index in [1.807, 2.05) is 38.1 Å². The maximum absolute atomic E-state index is 12.4. The van der Waals surface area contributed by atoms with Crippen molar-refractivity contribution in [3.8, 4) is 0 Å². The van der Waals surface area contributed by atoms with E-state index in [1.165, 1.54) is 0 Å². The van der Waals surface area contributed by atoms with E-state index in [0.29, 0.717) is 11.3 Å². The SMILES string of the molecule is CC(C)(NC(=O)c1ccc(NC(N)=O)cc1)c1ccc(Br)cc1. The van der Waals surface area contributed by atoms with Gasteiger partial charge in [-0.05, 0) is 55.8 Å². The van der Waals surface area contributed by atoms with E-state index in [0.717, 1.165) is 10.0 Å². The first-order valence-electron chi connectivity index (χ1n) is 7.03. The van der Waals surface area contributed by atoms with Crippen LogP contribution in [-0.2, 0) is 5.54 Å². The number of halogens is 1. The van der Waals surface area contributed by atoms with Crippen molar-refractivity contribution in [3.05, 3.63) is 64.1 Å². The summed E-state index contributed by atoms with van der Waals surface area (Å²) < 4.78 is 0.987. The second-order valence-electron chi connectivity index (χ2n) is 5.65. The first-order chi connectivity index (χ1) is 10.8. The molecule has 23 heavy (non-hydrogen) atoms. The van der Waals surface area contributed by atoms with Gasteiger partial charge in [-0.1, -0.05) is 28.1 Å². The molecule has 2 aromatic rings. The normalized spacial score (nSPS) is 10.9. The Morgan fingerprint density at radius 2 is 1.57 bits per heavy atom. The highest BCUT2D eigenvalue weighted by molar-refractivity contribution is 9.10. The van der Waals surface area contributed by atoms with Crippen LogP contribution in [0.15, 0.2) is 53.0 Å². The van der Waals surface area contributed by atoms with Crippen molar-refractivity contribution >= 4 is 33.6 Å². The van der Waals surface area contributed by atoms with Gasteiger partial charge in [0.15, 0.2) is 0 Å². The summed E-state index contributed by atoms with van der Waals surface area (Å²) in [7, 11) is 0. The van der Waals surface area contributed by atoms with Crippen LogP contribution < -0.4 is 16.4 Å². The van der Waals surface area contributed by atoms with Gasteiger partial charge < -0.3 is 16.4 Å². The van der Waals surface area contributed by atoms with E-state index in [9.17, 15) is 9.59 Å². The quantitative estimate of drug-likeness (QED) is 0.762. The molecule has 0 aliphatic carbocycles. The number of anilines is 1. The minimum atomic E-state index is -0.640. The van der Waals surface area contributed by atoms with Crippen LogP contribution in [0.5, 0.6) is 0 Å². The van der Waals surface area contributed by atoms with Crippen LogP contribution in [0.2, 0.25) is 0 Å². The predicted octanol–water partition coefficient (Wildman–Crippen LogP) is 3.60. The summed E-state index contributed by atoms with van der Waals surface area (Å²) in [5.41, 5.74) is 6.58. The number of nitrogens with one attached hydrogen (secondary N) is 2. The van der Waals surface area contributed by atoms with Crippen molar-refractivity contribution in [2.75, 3.05) is 5.32 Å². The molecule has 0 bridgehead atoms. The maximum Gasteiger partial charge on any atom is 0.316 e. The van der Waals surface area contributed by atoms with Crippen molar-refractivity contribution in [2.45, 2.75) is 19.4 Å². The molecule has 120 valence electrons. The molecule has 3 amide bonds. The third-order valence-corrected chi connectivity index (χ3v) is 3.94. The molecule has 0 unspecified atom stereocenters. The Morgan fingerprint density at radius 1 is 1.00 bits per heavy atom. The van der Waals surface area contributed by atoms with Crippen molar-refractivity contribution in [1.29, 1.82) is 0 Å². The molecule has 0 saturated carbocycles. The molecule has 0 saturated heterocycles. The minimum absolute atomic E-state index is 0.191. The molecule has 0 spiro atoms. The van der Waals surface area contributed by atoms with Crippen molar-refractivity contribution in [1.82, 2.24) is 5.32 Å². The highest BCUT2D eigenvalue weighted by Crippen LogP contribution is 2.23. The molecule has 4 N–H and O–H groups in total. The van der Waals surface area contributed by atoms with Crippen molar-refractivity contribution in [3.63, 3.8) is 0 Å². The third kappa shape index (κ3) is 4.56. The van der Waals surface area contributed by atoms with Gasteiger partial charge in [-0.15, -0.1) is 0 Å². The first-order valence-corrected chi connectivity index (χ1v) is 7.82. The number of hydrogen-bond acceptors (Lipinski definition) is 2. The van der Waals surface area contributed by atoms with Gasteiger partial charge in [0.25, 0.3) is 5.91 Å². The lowest BCUT2D eigenvalue weighted by molar-refractivity contribution is 0.0912. The molecule has 0 aromatic heterocycles. The van der Waals surface area contributed by atoms with Crippen LogP contribution in [0.3, 0.4) is 0 Å². The van der Waals surface area contributed by atoms with Gasteiger partial charge in [-0.25, -0.2) is 4.79 Å². The fourth-order valence-corrected chi connectivity index (χ4v) is 2.41. The minimum Gasteiger partial charge on any atom is -0.351 e. The molecule has 0 atom stereocenters. The monoisotopic (exact) mass is 375 g/mol. The van der Waals surface area contributed by atoms with E-state index in [1.54, 1.807) is 24.3 Å². The Bertz CT molecular complexity index is 710. The second-order valence-corrected chi connectivity index (χ2v) is 6.57. The van der Waals surface area contributed by atoms with Crippen LogP contribution >= 0.6 is 15.9 Å². The molecule has 2 aromatic carbocycles. The van der Waals surface area contributed by atoms with Crippen LogP contribution in [0, 0.1) is 0 Å². The Kier molecular flexibility index (Phi) is 5.05. The van der Waals surface area contributed by atoms with Gasteiger partial charge in [-0.2, -0.15) is 0 Å². The lowest BCUT2D eigenvalue weighted by atomic mass is 9.94. The molecular formula is C17H18BrN3O2. The lowest BCUT2D eigenvalue weighted by Crippen LogP contribution is -2.40. The van der Waals surface area contributed by atoms with Gasteiger partial charge in [-0.3, -0.25) is 4.79 Å². The number of urea groups is 1. The number of amides is 3. The van der Waals surface area contributed by atoms with Crippen LogP contribution in [0.4, 0.5) is 10.5 Å². The zero-order valence-corrected chi connectivity index (χ0v) is 14.5. The fourth-order valence-electron chi connectivity index (χ4n) is 2.14. The average molecular weight is 376 g/mol. The third-order valence-electron chi connectivity index (χ3n) is 3.41. The number of benzene rings is 2. The van der Waals surface area contributed by atoms with Crippen molar-refractivity contribution in [2.24, 2.45) is 5.73 Å². The molecule has 6 heteroatoms. The van der Waals surface area contributed by atoms with Gasteiger partial charge in [0.2, 0.25) is 0 Å². The molecule has 5 nitrogen and oxygen atoms in total. The van der Waals surface area contributed by atoms with Crippen LogP contribution in [-0.4, -0.2) is 11.9 Å². The van der Waals surface area contributed by atoms with E-state index in [-0.39, 0.29) is 5.91 Å². The van der Waals surface area contributed by atoms with Gasteiger partial charge >= 0.3 is 6.03 Å². The highest BCUT2D eigenvalue weighted by Gasteiger charge is 2.23. The first kappa shape index (κ1) is 17.0. The molecular weight excluding hydrogens is 358 g/mol. The lowest BCUT2D eigenvalue weighted by Gasteiger charge is -2.27. The number of carbonyl (C=O) groups is 2. The summed E-state index contributed by atoms with van der Waals surface area (Å²) in [5.74, 6) is -0.191. The van der Waals surface area contributed by atoms with E-state index in [2.05, 4.69) is 26.6 Å². The predicted molar refractivity (Wildman–Crippen MR) is 94.3 cm³/mol. The van der Waals surface area contributed by atoms with E-state index >= 15 is 0 Å². The molecule has 0 aliphatic rings. The molecule has 0 radical (unpaired) electrons. The molecule has 0 heterocycles. The summed E-state index contributed by atoms with van der Waals surface area (Å²) in [6, 6.07) is 13.7. The summed E-state index contributed by atoms with van der Waals surface area (Å²) >= 11 is 3.40. The fraction of sp³-hybridized carbons (Fsp3) is 0.176. The largest absolute Gasteiger partial charge is 0.351 e. The number of hydrogen-bond donors (Lipinski definition) is 3. The summed E-state index contributed by atoms with van der Waals surface area (Å²) in [6.45, 7) is 3.88. The van der Waals surface area contributed by atoms with E-state index in [4.69, 9.17) is 5.73 Å². The topological polar surface area (TPSA) is 84.2 Å². The highest BCUT2D eigenvalue weighted by atomic mass is 79.9. The molecule has 0 fully saturated rings.